The molecule has 2 aromatic rings. The van der Waals surface area contributed by atoms with Crippen molar-refractivity contribution in [3.63, 3.8) is 0 Å². The zero-order valence-corrected chi connectivity index (χ0v) is 14.5. The molecule has 0 bridgehead atoms. The number of sulfonamides is 1. The molecule has 1 fully saturated rings. The maximum absolute atomic E-state index is 13.2. The van der Waals surface area contributed by atoms with E-state index in [1.165, 1.54) is 11.3 Å². The predicted molar refractivity (Wildman–Crippen MR) is 88.3 cm³/mol. The summed E-state index contributed by atoms with van der Waals surface area (Å²) >= 11 is 1.51. The maximum atomic E-state index is 13.2. The van der Waals surface area contributed by atoms with Crippen LogP contribution in [0.15, 0.2) is 28.6 Å². The fraction of sp³-hybridized carbons (Fsp3) is 0.533. The highest BCUT2D eigenvalue weighted by molar-refractivity contribution is 7.89. The number of piperidine rings is 1. The zero-order valence-electron chi connectivity index (χ0n) is 12.9. The SMILES string of the molecule is CCC1CCCCN1S(=O)(=O)c1cn(C)nc1-c1cccs1. The molecule has 1 saturated heterocycles. The molecule has 1 unspecified atom stereocenters. The third kappa shape index (κ3) is 2.73. The van der Waals surface area contributed by atoms with Crippen LogP contribution in [0, 0.1) is 0 Å². The van der Waals surface area contributed by atoms with Crippen molar-refractivity contribution in [3.05, 3.63) is 23.7 Å². The average Bonchev–Trinajstić information content (AvgIpc) is 3.16. The second-order valence-electron chi connectivity index (χ2n) is 5.67. The lowest BCUT2D eigenvalue weighted by Crippen LogP contribution is -2.43. The van der Waals surface area contributed by atoms with Gasteiger partial charge in [-0.05, 0) is 30.7 Å². The highest BCUT2D eigenvalue weighted by Gasteiger charge is 2.35. The molecule has 0 aromatic carbocycles. The molecule has 0 radical (unpaired) electrons. The summed E-state index contributed by atoms with van der Waals surface area (Å²) in [5.74, 6) is 0. The van der Waals surface area contributed by atoms with Crippen LogP contribution in [0.4, 0.5) is 0 Å². The third-order valence-corrected chi connectivity index (χ3v) is 7.01. The van der Waals surface area contributed by atoms with Crippen LogP contribution >= 0.6 is 11.3 Å². The van der Waals surface area contributed by atoms with E-state index in [9.17, 15) is 8.42 Å². The highest BCUT2D eigenvalue weighted by atomic mass is 32.2. The number of nitrogens with zero attached hydrogens (tertiary/aromatic N) is 3. The quantitative estimate of drug-likeness (QED) is 0.860. The first kappa shape index (κ1) is 15.7. The minimum atomic E-state index is -3.50. The molecule has 0 saturated carbocycles. The van der Waals surface area contributed by atoms with Crippen LogP contribution in [-0.4, -0.2) is 35.1 Å². The van der Waals surface area contributed by atoms with Crippen molar-refractivity contribution in [2.75, 3.05) is 6.54 Å². The van der Waals surface area contributed by atoms with Gasteiger partial charge in [-0.15, -0.1) is 11.3 Å². The molecule has 22 heavy (non-hydrogen) atoms. The van der Waals surface area contributed by atoms with Crippen molar-refractivity contribution in [2.45, 2.75) is 43.5 Å². The van der Waals surface area contributed by atoms with Crippen LogP contribution in [0.5, 0.6) is 0 Å². The Morgan fingerprint density at radius 2 is 2.23 bits per heavy atom. The molecule has 0 amide bonds. The van der Waals surface area contributed by atoms with Crippen LogP contribution in [-0.2, 0) is 17.1 Å². The molecule has 0 N–H and O–H groups in total. The van der Waals surface area contributed by atoms with E-state index < -0.39 is 10.0 Å². The number of aromatic nitrogens is 2. The molecule has 1 aliphatic heterocycles. The summed E-state index contributed by atoms with van der Waals surface area (Å²) in [5, 5.41) is 6.33. The van der Waals surface area contributed by atoms with Crippen LogP contribution in [0.3, 0.4) is 0 Å². The van der Waals surface area contributed by atoms with E-state index in [1.807, 2.05) is 17.5 Å². The van der Waals surface area contributed by atoms with Crippen molar-refractivity contribution in [3.8, 4) is 10.6 Å². The molecular weight excluding hydrogens is 318 g/mol. The Balaban J connectivity index is 2.06. The normalized spacial score (nSPS) is 20.4. The third-order valence-electron chi connectivity index (χ3n) is 4.18. The highest BCUT2D eigenvalue weighted by Crippen LogP contribution is 2.34. The topological polar surface area (TPSA) is 55.2 Å². The largest absolute Gasteiger partial charge is 0.274 e. The van der Waals surface area contributed by atoms with Gasteiger partial charge in [-0.3, -0.25) is 4.68 Å². The first-order valence-corrected chi connectivity index (χ1v) is 9.95. The van der Waals surface area contributed by atoms with E-state index >= 15 is 0 Å². The Labute approximate surface area is 135 Å². The lowest BCUT2D eigenvalue weighted by Gasteiger charge is -2.33. The van der Waals surface area contributed by atoms with Gasteiger partial charge in [-0.1, -0.05) is 19.4 Å². The fourth-order valence-corrected chi connectivity index (χ4v) is 5.80. The Bertz CT molecular complexity index is 735. The van der Waals surface area contributed by atoms with E-state index in [4.69, 9.17) is 0 Å². The zero-order chi connectivity index (χ0) is 15.7. The van der Waals surface area contributed by atoms with Crippen LogP contribution in [0.25, 0.3) is 10.6 Å². The standard InChI is InChI=1S/C15H21N3O2S2/c1-3-12-7-4-5-9-18(12)22(19,20)14-11-17(2)16-15(14)13-8-6-10-21-13/h6,8,10-12H,3-5,7,9H2,1-2H3. The van der Waals surface area contributed by atoms with Crippen molar-refractivity contribution in [1.82, 2.24) is 14.1 Å². The van der Waals surface area contributed by atoms with Crippen molar-refractivity contribution < 1.29 is 8.42 Å². The second kappa shape index (κ2) is 6.14. The first-order chi connectivity index (χ1) is 10.5. The number of rotatable bonds is 4. The Morgan fingerprint density at radius 3 is 2.91 bits per heavy atom. The molecule has 1 atom stereocenters. The Hall–Kier alpha value is -1.18. The molecular formula is C15H21N3O2S2. The summed E-state index contributed by atoms with van der Waals surface area (Å²) in [6, 6.07) is 3.94. The molecule has 7 heteroatoms. The predicted octanol–water partition coefficient (Wildman–Crippen LogP) is 3.10. The van der Waals surface area contributed by atoms with E-state index in [1.54, 1.807) is 22.2 Å². The van der Waals surface area contributed by atoms with E-state index in [0.717, 1.165) is 30.6 Å². The Morgan fingerprint density at radius 1 is 1.41 bits per heavy atom. The van der Waals surface area contributed by atoms with Crippen LogP contribution < -0.4 is 0 Å². The molecule has 120 valence electrons. The number of aryl methyl sites for hydroxylation is 1. The van der Waals surface area contributed by atoms with Crippen molar-refractivity contribution in [1.29, 1.82) is 0 Å². The Kier molecular flexibility index (Phi) is 4.38. The van der Waals surface area contributed by atoms with Gasteiger partial charge in [0.2, 0.25) is 10.0 Å². The molecule has 2 aromatic heterocycles. The van der Waals surface area contributed by atoms with Gasteiger partial charge in [0, 0.05) is 25.8 Å². The number of hydrogen-bond acceptors (Lipinski definition) is 4. The summed E-state index contributed by atoms with van der Waals surface area (Å²) in [5.41, 5.74) is 0.568. The summed E-state index contributed by atoms with van der Waals surface area (Å²) in [6.45, 7) is 2.67. The average molecular weight is 339 g/mol. The van der Waals surface area contributed by atoms with Gasteiger partial charge >= 0.3 is 0 Å². The summed E-state index contributed by atoms with van der Waals surface area (Å²) in [7, 11) is -1.74. The maximum Gasteiger partial charge on any atom is 0.247 e. The van der Waals surface area contributed by atoms with Gasteiger partial charge in [0.1, 0.15) is 10.6 Å². The van der Waals surface area contributed by atoms with Gasteiger partial charge in [0.05, 0.1) is 4.88 Å². The van der Waals surface area contributed by atoms with Gasteiger partial charge < -0.3 is 0 Å². The summed E-state index contributed by atoms with van der Waals surface area (Å²) in [4.78, 5) is 1.22. The lowest BCUT2D eigenvalue weighted by molar-refractivity contribution is 0.246. The van der Waals surface area contributed by atoms with Gasteiger partial charge in [0.15, 0.2) is 0 Å². The van der Waals surface area contributed by atoms with E-state index in [-0.39, 0.29) is 6.04 Å². The summed E-state index contributed by atoms with van der Waals surface area (Å²) in [6.07, 6.45) is 5.48. The van der Waals surface area contributed by atoms with Crippen LogP contribution in [0.1, 0.15) is 32.6 Å². The van der Waals surface area contributed by atoms with Crippen LogP contribution in [0.2, 0.25) is 0 Å². The van der Waals surface area contributed by atoms with Gasteiger partial charge in [0.25, 0.3) is 0 Å². The minimum Gasteiger partial charge on any atom is -0.274 e. The van der Waals surface area contributed by atoms with E-state index in [0.29, 0.717) is 17.1 Å². The fourth-order valence-electron chi connectivity index (χ4n) is 3.06. The molecule has 3 heterocycles. The minimum absolute atomic E-state index is 0.107. The second-order valence-corrected chi connectivity index (χ2v) is 8.47. The number of thiophene rings is 1. The summed E-state index contributed by atoms with van der Waals surface area (Å²) < 4.78 is 29.6. The van der Waals surface area contributed by atoms with Crippen molar-refractivity contribution >= 4 is 21.4 Å². The smallest absolute Gasteiger partial charge is 0.247 e. The molecule has 5 nitrogen and oxygen atoms in total. The van der Waals surface area contributed by atoms with E-state index in [2.05, 4.69) is 12.0 Å². The van der Waals surface area contributed by atoms with Gasteiger partial charge in [-0.25, -0.2) is 8.42 Å². The van der Waals surface area contributed by atoms with Gasteiger partial charge in [-0.2, -0.15) is 9.40 Å². The molecule has 0 spiro atoms. The lowest BCUT2D eigenvalue weighted by atomic mass is 10.0. The molecule has 0 aliphatic carbocycles. The molecule has 3 rings (SSSR count). The number of hydrogen-bond donors (Lipinski definition) is 0. The van der Waals surface area contributed by atoms with Crippen molar-refractivity contribution in [2.24, 2.45) is 7.05 Å². The first-order valence-electron chi connectivity index (χ1n) is 7.63. The molecule has 1 aliphatic rings. The monoisotopic (exact) mass is 339 g/mol.